The van der Waals surface area contributed by atoms with Gasteiger partial charge in [-0.15, -0.1) is 0 Å². The van der Waals surface area contributed by atoms with Gasteiger partial charge in [0.25, 0.3) is 0 Å². The molecule has 1 unspecified atom stereocenters. The topological polar surface area (TPSA) is 48.5 Å². The van der Waals surface area contributed by atoms with Crippen LogP contribution in [0.3, 0.4) is 0 Å². The molecule has 2 N–H and O–H groups in total. The van der Waals surface area contributed by atoms with Crippen LogP contribution < -0.4 is 4.74 Å². The molecule has 2 aliphatic heterocycles. The molecular weight excluding hydrogens is 300 g/mol. The fraction of sp³-hybridized carbons (Fsp3) is 0.300. The van der Waals surface area contributed by atoms with Crippen molar-refractivity contribution in [1.29, 1.82) is 0 Å². The van der Waals surface area contributed by atoms with E-state index >= 15 is 0 Å². The molecule has 5 rings (SSSR count). The molecule has 2 aromatic carbocycles. The zero-order valence-electron chi connectivity index (χ0n) is 13.7. The number of aromatic amines is 1. The Morgan fingerprint density at radius 3 is 2.96 bits per heavy atom. The number of nitrogens with one attached hydrogen (secondary N) is 1. The Balaban J connectivity index is 1.62. The number of ether oxygens (including phenoxy) is 1. The number of fused-ring (bicyclic) bond motifs is 6. The Hall–Kier alpha value is -2.46. The lowest BCUT2D eigenvalue weighted by atomic mass is 9.87. The summed E-state index contributed by atoms with van der Waals surface area (Å²) in [6.45, 7) is 1.94. The van der Waals surface area contributed by atoms with Gasteiger partial charge in [-0.05, 0) is 47.7 Å². The zero-order chi connectivity index (χ0) is 16.3. The lowest BCUT2D eigenvalue weighted by Gasteiger charge is -2.40. The first-order valence-electron chi connectivity index (χ1n) is 8.47. The second kappa shape index (κ2) is 5.02. The van der Waals surface area contributed by atoms with Crippen molar-refractivity contribution in [3.8, 4) is 11.5 Å². The predicted octanol–water partition coefficient (Wildman–Crippen LogP) is 3.54. The monoisotopic (exact) mass is 320 g/mol. The summed E-state index contributed by atoms with van der Waals surface area (Å²) in [5, 5.41) is 11.4. The number of H-pyrrole nitrogens is 1. The Labute approximate surface area is 140 Å². The van der Waals surface area contributed by atoms with Gasteiger partial charge in [0.15, 0.2) is 11.5 Å². The van der Waals surface area contributed by atoms with Crippen molar-refractivity contribution >= 4 is 10.9 Å². The molecule has 3 aromatic rings. The first-order valence-corrected chi connectivity index (χ1v) is 8.47. The van der Waals surface area contributed by atoms with Crippen molar-refractivity contribution in [2.24, 2.45) is 0 Å². The summed E-state index contributed by atoms with van der Waals surface area (Å²) in [5.74, 6) is 0.799. The maximum Gasteiger partial charge on any atom is 0.160 e. The van der Waals surface area contributed by atoms with Crippen LogP contribution >= 0.6 is 0 Å². The van der Waals surface area contributed by atoms with Crippen LogP contribution in [-0.2, 0) is 19.4 Å². The standard InChI is InChI=1S/C20H20N2O2/c1-24-19-10-12-8-17-20-15(14-4-2-3-5-16(14)21-20)6-7-22(17)11-13(12)9-18(19)23/h2-5,9-10,17,21,23H,6-8,11H2,1H3. The number of para-hydroxylation sites is 1. The van der Waals surface area contributed by atoms with Crippen molar-refractivity contribution in [3.05, 3.63) is 58.8 Å². The van der Waals surface area contributed by atoms with E-state index < -0.39 is 0 Å². The number of hydrogen-bond donors (Lipinski definition) is 2. The SMILES string of the molecule is COc1cc2c(cc1O)CN1CCc3c([nH]c4ccccc34)C1C2. The second-order valence-electron chi connectivity index (χ2n) is 6.80. The number of aromatic nitrogens is 1. The highest BCUT2D eigenvalue weighted by molar-refractivity contribution is 5.85. The number of benzene rings is 2. The minimum Gasteiger partial charge on any atom is -0.504 e. The summed E-state index contributed by atoms with van der Waals surface area (Å²) in [6.07, 6.45) is 2.03. The Kier molecular flexibility index (Phi) is 2.91. The second-order valence-corrected chi connectivity index (χ2v) is 6.80. The smallest absolute Gasteiger partial charge is 0.160 e. The molecule has 0 bridgehead atoms. The summed E-state index contributed by atoms with van der Waals surface area (Å²) in [4.78, 5) is 6.18. The van der Waals surface area contributed by atoms with E-state index in [1.54, 1.807) is 7.11 Å². The molecule has 0 saturated heterocycles. The molecular formula is C20H20N2O2. The lowest BCUT2D eigenvalue weighted by molar-refractivity contribution is 0.158. The molecule has 0 aliphatic carbocycles. The van der Waals surface area contributed by atoms with E-state index in [-0.39, 0.29) is 5.75 Å². The summed E-state index contributed by atoms with van der Waals surface area (Å²) < 4.78 is 5.29. The quantitative estimate of drug-likeness (QED) is 0.721. The highest BCUT2D eigenvalue weighted by Gasteiger charge is 2.34. The molecule has 4 heteroatoms. The van der Waals surface area contributed by atoms with E-state index in [1.807, 2.05) is 12.1 Å². The summed E-state index contributed by atoms with van der Waals surface area (Å²) >= 11 is 0. The van der Waals surface area contributed by atoms with Gasteiger partial charge in [-0.25, -0.2) is 0 Å². The number of hydrogen-bond acceptors (Lipinski definition) is 3. The van der Waals surface area contributed by atoms with Gasteiger partial charge in [0, 0.05) is 29.7 Å². The van der Waals surface area contributed by atoms with Crippen LogP contribution in [0.15, 0.2) is 36.4 Å². The predicted molar refractivity (Wildman–Crippen MR) is 93.5 cm³/mol. The normalized spacial score (nSPS) is 19.6. The van der Waals surface area contributed by atoms with Gasteiger partial charge in [0.05, 0.1) is 13.2 Å². The molecule has 0 amide bonds. The van der Waals surface area contributed by atoms with Crippen molar-refractivity contribution in [2.75, 3.05) is 13.7 Å². The summed E-state index contributed by atoms with van der Waals surface area (Å²) in [5.41, 5.74) is 6.56. The van der Waals surface area contributed by atoms with Crippen LogP contribution in [0.2, 0.25) is 0 Å². The Bertz CT molecular complexity index is 944. The maximum atomic E-state index is 10.1. The van der Waals surface area contributed by atoms with Crippen molar-refractivity contribution in [2.45, 2.75) is 25.4 Å². The lowest BCUT2D eigenvalue weighted by Crippen LogP contribution is -2.39. The van der Waals surface area contributed by atoms with Crippen LogP contribution in [0.1, 0.15) is 28.4 Å². The van der Waals surface area contributed by atoms with E-state index in [1.165, 1.54) is 33.3 Å². The van der Waals surface area contributed by atoms with Gasteiger partial charge in [-0.3, -0.25) is 4.90 Å². The first-order chi connectivity index (χ1) is 11.7. The molecule has 1 aromatic heterocycles. The van der Waals surface area contributed by atoms with E-state index in [0.29, 0.717) is 11.8 Å². The fourth-order valence-electron chi connectivity index (χ4n) is 4.37. The van der Waals surface area contributed by atoms with Gasteiger partial charge < -0.3 is 14.8 Å². The number of aromatic hydroxyl groups is 1. The number of phenolic OH excluding ortho intramolecular Hbond substituents is 1. The van der Waals surface area contributed by atoms with Crippen LogP contribution in [0.5, 0.6) is 11.5 Å². The number of phenols is 1. The van der Waals surface area contributed by atoms with Crippen molar-refractivity contribution < 1.29 is 9.84 Å². The maximum absolute atomic E-state index is 10.1. The third kappa shape index (κ3) is 1.89. The minimum absolute atomic E-state index is 0.234. The highest BCUT2D eigenvalue weighted by atomic mass is 16.5. The van der Waals surface area contributed by atoms with Crippen molar-refractivity contribution in [1.82, 2.24) is 9.88 Å². The van der Waals surface area contributed by atoms with Crippen LogP contribution in [-0.4, -0.2) is 28.6 Å². The molecule has 24 heavy (non-hydrogen) atoms. The Morgan fingerprint density at radius 1 is 1.21 bits per heavy atom. The van der Waals surface area contributed by atoms with Gasteiger partial charge in [0.2, 0.25) is 0 Å². The van der Waals surface area contributed by atoms with E-state index in [4.69, 9.17) is 4.74 Å². The molecule has 0 spiro atoms. The van der Waals surface area contributed by atoms with E-state index in [2.05, 4.69) is 34.1 Å². The minimum atomic E-state index is 0.234. The third-order valence-corrected chi connectivity index (χ3v) is 5.56. The third-order valence-electron chi connectivity index (χ3n) is 5.56. The van der Waals surface area contributed by atoms with E-state index in [9.17, 15) is 5.11 Å². The van der Waals surface area contributed by atoms with Gasteiger partial charge >= 0.3 is 0 Å². The van der Waals surface area contributed by atoms with Crippen molar-refractivity contribution in [3.63, 3.8) is 0 Å². The summed E-state index contributed by atoms with van der Waals surface area (Å²) in [6, 6.07) is 12.8. The van der Waals surface area contributed by atoms with Gasteiger partial charge in [0.1, 0.15) is 0 Å². The number of nitrogens with zero attached hydrogens (tertiary/aromatic N) is 1. The highest BCUT2D eigenvalue weighted by Crippen LogP contribution is 2.42. The average molecular weight is 320 g/mol. The van der Waals surface area contributed by atoms with Gasteiger partial charge in [-0.1, -0.05) is 18.2 Å². The molecule has 3 heterocycles. The molecule has 122 valence electrons. The number of rotatable bonds is 1. The molecule has 1 atom stereocenters. The van der Waals surface area contributed by atoms with Gasteiger partial charge in [-0.2, -0.15) is 0 Å². The Morgan fingerprint density at radius 2 is 2.08 bits per heavy atom. The first kappa shape index (κ1) is 13.9. The average Bonchev–Trinajstić information content (AvgIpc) is 2.98. The number of methoxy groups -OCH3 is 1. The molecule has 0 radical (unpaired) electrons. The van der Waals surface area contributed by atoms with E-state index in [0.717, 1.165) is 25.9 Å². The largest absolute Gasteiger partial charge is 0.504 e. The molecule has 4 nitrogen and oxygen atoms in total. The zero-order valence-corrected chi connectivity index (χ0v) is 13.7. The van der Waals surface area contributed by atoms with Crippen LogP contribution in [0, 0.1) is 0 Å². The molecule has 0 saturated carbocycles. The molecule has 0 fully saturated rings. The molecule has 2 aliphatic rings. The van der Waals surface area contributed by atoms with Crippen LogP contribution in [0.25, 0.3) is 10.9 Å². The fourth-order valence-corrected chi connectivity index (χ4v) is 4.37. The summed E-state index contributed by atoms with van der Waals surface area (Å²) in [7, 11) is 1.60. The van der Waals surface area contributed by atoms with Crippen LogP contribution in [0.4, 0.5) is 0 Å².